The highest BCUT2D eigenvalue weighted by molar-refractivity contribution is 7.80. The molecular weight excluding hydrogens is 466 g/mol. The van der Waals surface area contributed by atoms with Gasteiger partial charge in [-0.15, -0.1) is 0 Å². The van der Waals surface area contributed by atoms with Crippen molar-refractivity contribution in [1.82, 2.24) is 25.9 Å². The van der Waals surface area contributed by atoms with Gasteiger partial charge in [-0.1, -0.05) is 20.3 Å². The van der Waals surface area contributed by atoms with Crippen molar-refractivity contribution >= 4 is 42.2 Å². The molecule has 0 bridgehead atoms. The Kier molecular flexibility index (Phi) is 12.1. The minimum atomic E-state index is -1.27. The number of carbonyl (C=O) groups excluding carboxylic acids is 4. The van der Waals surface area contributed by atoms with Gasteiger partial charge >= 0.3 is 5.97 Å². The number of carboxylic acids is 1. The fourth-order valence-corrected chi connectivity index (χ4v) is 3.21. The smallest absolute Gasteiger partial charge is 0.327 e. The van der Waals surface area contributed by atoms with E-state index in [0.29, 0.717) is 12.1 Å². The van der Waals surface area contributed by atoms with Crippen LogP contribution in [0, 0.1) is 5.92 Å². The van der Waals surface area contributed by atoms with Crippen molar-refractivity contribution in [2.75, 3.05) is 5.75 Å². The summed E-state index contributed by atoms with van der Waals surface area (Å²) in [6.07, 6.45) is 3.25. The van der Waals surface area contributed by atoms with E-state index in [2.05, 4.69) is 38.5 Å². The highest BCUT2D eigenvalue weighted by atomic mass is 32.1. The predicted octanol–water partition coefficient (Wildman–Crippen LogP) is -1.94. The lowest BCUT2D eigenvalue weighted by atomic mass is 9.97. The molecule has 0 radical (unpaired) electrons. The summed E-state index contributed by atoms with van der Waals surface area (Å²) in [5, 5.41) is 16.6. The molecule has 0 fully saturated rings. The van der Waals surface area contributed by atoms with E-state index in [1.54, 1.807) is 13.8 Å². The number of primary amides is 1. The van der Waals surface area contributed by atoms with Gasteiger partial charge in [-0.3, -0.25) is 19.2 Å². The molecule has 0 saturated heterocycles. The molecule has 1 heterocycles. The van der Waals surface area contributed by atoms with Crippen LogP contribution in [-0.4, -0.2) is 74.6 Å². The first-order valence-electron chi connectivity index (χ1n) is 10.8. The lowest BCUT2D eigenvalue weighted by molar-refractivity contribution is -0.142. The average molecular weight is 500 g/mol. The van der Waals surface area contributed by atoms with Gasteiger partial charge in [-0.25, -0.2) is 9.78 Å². The zero-order valence-corrected chi connectivity index (χ0v) is 20.0. The van der Waals surface area contributed by atoms with Gasteiger partial charge in [-0.05, 0) is 12.3 Å². The Morgan fingerprint density at radius 2 is 1.76 bits per heavy atom. The molecule has 9 N–H and O–H groups in total. The Morgan fingerprint density at radius 1 is 1.12 bits per heavy atom. The quantitative estimate of drug-likeness (QED) is 0.126. The number of aromatic nitrogens is 2. The van der Waals surface area contributed by atoms with Crippen LogP contribution in [0.4, 0.5) is 0 Å². The van der Waals surface area contributed by atoms with Crippen LogP contribution in [0.15, 0.2) is 12.5 Å². The number of hydrogen-bond donors (Lipinski definition) is 8. The third-order valence-electron chi connectivity index (χ3n) is 5.23. The number of nitrogens with one attached hydrogen (secondary N) is 4. The lowest BCUT2D eigenvalue weighted by Gasteiger charge is -2.27. The molecule has 34 heavy (non-hydrogen) atoms. The van der Waals surface area contributed by atoms with E-state index in [-0.39, 0.29) is 30.9 Å². The van der Waals surface area contributed by atoms with Crippen molar-refractivity contribution in [3.63, 3.8) is 0 Å². The second-order valence-electron chi connectivity index (χ2n) is 7.91. The third-order valence-corrected chi connectivity index (χ3v) is 5.60. The molecule has 1 rings (SSSR count). The number of carboxylic acid groups (broad SMARTS) is 1. The SMILES string of the molecule is CCC(C)C(NC(=O)C(CCC(N)=O)NC(=O)C(N)Cc1cnc[nH]1)C(=O)NC(CS)C(=O)O. The summed E-state index contributed by atoms with van der Waals surface area (Å²) in [6.45, 7) is 3.50. The normalized spacial score (nSPS) is 15.3. The molecule has 0 spiro atoms. The van der Waals surface area contributed by atoms with Gasteiger partial charge in [0.2, 0.25) is 23.6 Å². The summed E-state index contributed by atoms with van der Waals surface area (Å²) >= 11 is 3.92. The third kappa shape index (κ3) is 9.39. The number of amides is 4. The lowest BCUT2D eigenvalue weighted by Crippen LogP contribution is -2.59. The van der Waals surface area contributed by atoms with Gasteiger partial charge in [0, 0.05) is 30.5 Å². The maximum absolute atomic E-state index is 13.0. The van der Waals surface area contributed by atoms with Gasteiger partial charge in [-0.2, -0.15) is 12.6 Å². The maximum atomic E-state index is 13.0. The van der Waals surface area contributed by atoms with Crippen LogP contribution in [0.2, 0.25) is 0 Å². The van der Waals surface area contributed by atoms with E-state index in [1.807, 2.05) is 0 Å². The number of nitrogens with two attached hydrogens (primary N) is 2. The summed E-state index contributed by atoms with van der Waals surface area (Å²) in [4.78, 5) is 67.5. The van der Waals surface area contributed by atoms with Crippen molar-refractivity contribution in [2.45, 2.75) is 63.7 Å². The Bertz CT molecular complexity index is 850. The predicted molar refractivity (Wildman–Crippen MR) is 125 cm³/mol. The van der Waals surface area contributed by atoms with Gasteiger partial charge in [0.05, 0.1) is 12.4 Å². The summed E-state index contributed by atoms with van der Waals surface area (Å²) in [5.74, 6) is -4.55. The van der Waals surface area contributed by atoms with Crippen LogP contribution in [-0.2, 0) is 30.4 Å². The van der Waals surface area contributed by atoms with E-state index >= 15 is 0 Å². The Balaban J connectivity index is 2.97. The van der Waals surface area contributed by atoms with Gasteiger partial charge in [0.25, 0.3) is 0 Å². The summed E-state index contributed by atoms with van der Waals surface area (Å²) < 4.78 is 0. The Labute approximate surface area is 202 Å². The van der Waals surface area contributed by atoms with Crippen molar-refractivity contribution < 1.29 is 29.1 Å². The minimum Gasteiger partial charge on any atom is -0.480 e. The summed E-state index contributed by atoms with van der Waals surface area (Å²) in [6, 6.07) is -4.55. The standard InChI is InChI=1S/C20H33N7O6S/c1-3-10(2)16(19(31)26-14(8-34)20(32)33)27-18(30)13(4-5-15(22)28)25-17(29)12(21)6-11-7-23-9-24-11/h7,9-10,12-14,16,34H,3-6,8,21H2,1-2H3,(H2,22,28)(H,23,24)(H,25,29)(H,26,31)(H,27,30)(H,32,33). The molecule has 1 aromatic rings. The van der Waals surface area contributed by atoms with Gasteiger partial charge in [0.1, 0.15) is 18.1 Å². The second-order valence-corrected chi connectivity index (χ2v) is 8.27. The first-order valence-corrected chi connectivity index (χ1v) is 11.4. The van der Waals surface area contributed by atoms with Crippen LogP contribution in [0.5, 0.6) is 0 Å². The second kappa shape index (κ2) is 14.2. The molecule has 0 saturated carbocycles. The van der Waals surface area contributed by atoms with Crippen LogP contribution in [0.1, 0.15) is 38.8 Å². The van der Waals surface area contributed by atoms with E-state index in [4.69, 9.17) is 11.5 Å². The van der Waals surface area contributed by atoms with Crippen molar-refractivity contribution in [3.8, 4) is 0 Å². The van der Waals surface area contributed by atoms with Gasteiger partial charge in [0.15, 0.2) is 0 Å². The first-order chi connectivity index (χ1) is 16.0. The van der Waals surface area contributed by atoms with Crippen molar-refractivity contribution in [2.24, 2.45) is 17.4 Å². The highest BCUT2D eigenvalue weighted by Crippen LogP contribution is 2.10. The largest absolute Gasteiger partial charge is 0.480 e. The molecule has 0 aliphatic rings. The van der Waals surface area contributed by atoms with Crippen molar-refractivity contribution in [1.29, 1.82) is 0 Å². The minimum absolute atomic E-state index is 0.118. The molecule has 0 aliphatic heterocycles. The number of aliphatic carboxylic acids is 1. The number of nitrogens with zero attached hydrogens (tertiary/aromatic N) is 1. The molecule has 190 valence electrons. The number of H-pyrrole nitrogens is 1. The molecule has 5 unspecified atom stereocenters. The molecular formula is C20H33N7O6S. The number of aromatic amines is 1. The number of carbonyl (C=O) groups is 5. The Hall–Kier alpha value is -3.13. The van der Waals surface area contributed by atoms with Crippen LogP contribution in [0.25, 0.3) is 0 Å². The van der Waals surface area contributed by atoms with Crippen molar-refractivity contribution in [3.05, 3.63) is 18.2 Å². The zero-order valence-electron chi connectivity index (χ0n) is 19.1. The number of hydrogen-bond acceptors (Lipinski definition) is 8. The Morgan fingerprint density at radius 3 is 2.26 bits per heavy atom. The van der Waals surface area contributed by atoms with E-state index in [9.17, 15) is 29.1 Å². The number of rotatable bonds is 15. The number of thiol groups is 1. The topological polar surface area (TPSA) is 222 Å². The summed E-state index contributed by atoms with van der Waals surface area (Å²) in [7, 11) is 0. The molecule has 14 heteroatoms. The molecule has 4 amide bonds. The van der Waals surface area contributed by atoms with Gasteiger partial charge < -0.3 is 37.5 Å². The summed E-state index contributed by atoms with van der Waals surface area (Å²) in [5.41, 5.74) is 11.7. The molecule has 0 aromatic carbocycles. The number of imidazole rings is 1. The van der Waals surface area contributed by atoms with E-state index < -0.39 is 53.8 Å². The highest BCUT2D eigenvalue weighted by Gasteiger charge is 2.32. The molecule has 13 nitrogen and oxygen atoms in total. The molecule has 5 atom stereocenters. The fourth-order valence-electron chi connectivity index (χ4n) is 2.96. The molecule has 0 aliphatic carbocycles. The maximum Gasteiger partial charge on any atom is 0.327 e. The fraction of sp³-hybridized carbons (Fsp3) is 0.600. The van der Waals surface area contributed by atoms with E-state index in [0.717, 1.165) is 0 Å². The van der Waals surface area contributed by atoms with Crippen LogP contribution < -0.4 is 27.4 Å². The van der Waals surface area contributed by atoms with Crippen LogP contribution in [0.3, 0.4) is 0 Å². The first kappa shape index (κ1) is 28.9. The molecule has 1 aromatic heterocycles. The van der Waals surface area contributed by atoms with Crippen LogP contribution >= 0.6 is 12.6 Å². The van der Waals surface area contributed by atoms with E-state index in [1.165, 1.54) is 12.5 Å². The monoisotopic (exact) mass is 499 g/mol. The average Bonchev–Trinajstić information content (AvgIpc) is 3.29. The zero-order chi connectivity index (χ0) is 25.8.